The highest BCUT2D eigenvalue weighted by atomic mass is 32.2. The predicted molar refractivity (Wildman–Crippen MR) is 106 cm³/mol. The van der Waals surface area contributed by atoms with Gasteiger partial charge in [-0.15, -0.1) is 0 Å². The minimum Gasteiger partial charge on any atom is -0.311 e. The summed E-state index contributed by atoms with van der Waals surface area (Å²) >= 11 is 0. The first-order valence-electron chi connectivity index (χ1n) is 9.33. The van der Waals surface area contributed by atoms with Crippen molar-refractivity contribution in [2.75, 3.05) is 16.2 Å². The molecule has 0 saturated heterocycles. The van der Waals surface area contributed by atoms with Gasteiger partial charge in [-0.2, -0.15) is 0 Å². The first-order valence-corrected chi connectivity index (χ1v) is 10.8. The second kappa shape index (κ2) is 6.30. The summed E-state index contributed by atoms with van der Waals surface area (Å²) in [5.41, 5.74) is 1.89. The van der Waals surface area contributed by atoms with Crippen LogP contribution in [0.1, 0.15) is 37.8 Å². The summed E-state index contributed by atoms with van der Waals surface area (Å²) < 4.78 is 41.8. The van der Waals surface area contributed by atoms with Gasteiger partial charge in [0.1, 0.15) is 5.82 Å². The number of nitrogens with one attached hydrogen (secondary N) is 1. The van der Waals surface area contributed by atoms with E-state index in [9.17, 15) is 17.6 Å². The van der Waals surface area contributed by atoms with Crippen LogP contribution in [0.2, 0.25) is 0 Å². The number of halogens is 1. The van der Waals surface area contributed by atoms with Crippen LogP contribution in [0.25, 0.3) is 0 Å². The Labute approximate surface area is 164 Å². The number of amides is 1. The molecule has 4 rings (SSSR count). The molecule has 0 bridgehead atoms. The van der Waals surface area contributed by atoms with Crippen molar-refractivity contribution in [3.63, 3.8) is 0 Å². The van der Waals surface area contributed by atoms with Gasteiger partial charge >= 0.3 is 0 Å². The van der Waals surface area contributed by atoms with Crippen molar-refractivity contribution in [2.45, 2.75) is 43.9 Å². The number of rotatable bonds is 4. The number of sulfonamides is 1. The molecule has 1 heterocycles. The lowest BCUT2D eigenvalue weighted by Gasteiger charge is -2.20. The van der Waals surface area contributed by atoms with Crippen molar-refractivity contribution >= 4 is 27.3 Å². The van der Waals surface area contributed by atoms with Crippen LogP contribution in [0, 0.1) is 18.7 Å². The first kappa shape index (κ1) is 18.9. The number of hydrogen-bond donors (Lipinski definition) is 1. The van der Waals surface area contributed by atoms with E-state index in [-0.39, 0.29) is 27.8 Å². The van der Waals surface area contributed by atoms with Gasteiger partial charge in [-0.25, -0.2) is 12.8 Å². The minimum atomic E-state index is -3.88. The van der Waals surface area contributed by atoms with Gasteiger partial charge < -0.3 is 4.90 Å². The van der Waals surface area contributed by atoms with Crippen molar-refractivity contribution < 1.29 is 17.6 Å². The fraction of sp³-hybridized carbons (Fsp3) is 0.381. The number of carbonyl (C=O) groups is 1. The third-order valence-corrected chi connectivity index (χ3v) is 6.85. The van der Waals surface area contributed by atoms with Gasteiger partial charge in [0.05, 0.1) is 10.6 Å². The molecule has 1 amide bonds. The Morgan fingerprint density at radius 3 is 2.54 bits per heavy atom. The maximum atomic E-state index is 13.8. The van der Waals surface area contributed by atoms with Crippen LogP contribution in [0.3, 0.4) is 0 Å². The number of aryl methyl sites for hydroxylation is 1. The highest BCUT2D eigenvalue weighted by Gasteiger charge is 2.43. The molecule has 1 aliphatic heterocycles. The SMILES string of the molecule is Cc1ccc(NS(=O)(=O)c2ccc3c(c2)C(C)(C)CN3C(=O)C2CC2)cc1F. The van der Waals surface area contributed by atoms with Crippen LogP contribution in [0.5, 0.6) is 0 Å². The number of anilines is 2. The molecule has 1 fully saturated rings. The Kier molecular flexibility index (Phi) is 4.26. The van der Waals surface area contributed by atoms with Gasteiger partial charge in [0.15, 0.2) is 0 Å². The Bertz CT molecular complexity index is 1080. The Morgan fingerprint density at radius 1 is 1.18 bits per heavy atom. The average Bonchev–Trinajstić information content (AvgIpc) is 3.43. The van der Waals surface area contributed by atoms with Gasteiger partial charge in [-0.05, 0) is 61.2 Å². The molecule has 5 nitrogen and oxygen atoms in total. The van der Waals surface area contributed by atoms with E-state index in [0.717, 1.165) is 24.1 Å². The lowest BCUT2D eigenvalue weighted by atomic mass is 9.87. The molecule has 28 heavy (non-hydrogen) atoms. The molecule has 0 unspecified atom stereocenters. The summed E-state index contributed by atoms with van der Waals surface area (Å²) in [5.74, 6) is -0.247. The summed E-state index contributed by atoms with van der Waals surface area (Å²) in [7, 11) is -3.88. The Balaban J connectivity index is 1.67. The van der Waals surface area contributed by atoms with E-state index in [1.165, 1.54) is 24.3 Å². The molecule has 0 spiro atoms. The van der Waals surface area contributed by atoms with Crippen LogP contribution in [-0.2, 0) is 20.2 Å². The number of carbonyl (C=O) groups excluding carboxylic acids is 1. The van der Waals surface area contributed by atoms with Gasteiger partial charge in [0.25, 0.3) is 10.0 Å². The zero-order valence-electron chi connectivity index (χ0n) is 16.1. The van der Waals surface area contributed by atoms with E-state index < -0.39 is 15.8 Å². The van der Waals surface area contributed by atoms with Gasteiger partial charge in [0.2, 0.25) is 5.91 Å². The van der Waals surface area contributed by atoms with E-state index in [4.69, 9.17) is 0 Å². The van der Waals surface area contributed by atoms with Crippen molar-refractivity contribution in [3.8, 4) is 0 Å². The van der Waals surface area contributed by atoms with Gasteiger partial charge in [0, 0.05) is 23.6 Å². The van der Waals surface area contributed by atoms with Crippen LogP contribution in [-0.4, -0.2) is 20.9 Å². The first-order chi connectivity index (χ1) is 13.1. The lowest BCUT2D eigenvalue weighted by Crippen LogP contribution is -2.34. The van der Waals surface area contributed by atoms with Crippen molar-refractivity contribution in [3.05, 3.63) is 53.3 Å². The molecular formula is C21H23FN2O3S. The van der Waals surface area contributed by atoms with E-state index in [2.05, 4.69) is 4.72 Å². The fourth-order valence-electron chi connectivity index (χ4n) is 3.64. The van der Waals surface area contributed by atoms with Gasteiger partial charge in [-0.1, -0.05) is 19.9 Å². The van der Waals surface area contributed by atoms with Crippen LogP contribution < -0.4 is 9.62 Å². The molecule has 2 aliphatic rings. The van der Waals surface area contributed by atoms with E-state index in [1.54, 1.807) is 24.0 Å². The monoisotopic (exact) mass is 402 g/mol. The molecule has 2 aromatic carbocycles. The third kappa shape index (κ3) is 3.28. The normalized spacial score (nSPS) is 18.1. The maximum Gasteiger partial charge on any atom is 0.261 e. The average molecular weight is 402 g/mol. The zero-order valence-corrected chi connectivity index (χ0v) is 16.9. The van der Waals surface area contributed by atoms with E-state index >= 15 is 0 Å². The second-order valence-corrected chi connectivity index (χ2v) is 10.0. The van der Waals surface area contributed by atoms with Gasteiger partial charge in [-0.3, -0.25) is 9.52 Å². The molecule has 0 radical (unpaired) electrons. The van der Waals surface area contributed by atoms with E-state index in [0.29, 0.717) is 12.1 Å². The Morgan fingerprint density at radius 2 is 1.89 bits per heavy atom. The largest absolute Gasteiger partial charge is 0.311 e. The fourth-order valence-corrected chi connectivity index (χ4v) is 4.72. The number of nitrogens with zero attached hydrogens (tertiary/aromatic N) is 1. The smallest absolute Gasteiger partial charge is 0.261 e. The summed E-state index contributed by atoms with van der Waals surface area (Å²) in [6, 6.07) is 9.06. The molecule has 1 saturated carbocycles. The number of fused-ring (bicyclic) bond motifs is 1. The minimum absolute atomic E-state index is 0.0982. The van der Waals surface area contributed by atoms with Crippen molar-refractivity contribution in [1.29, 1.82) is 0 Å². The molecule has 2 aromatic rings. The highest BCUT2D eigenvalue weighted by Crippen LogP contribution is 2.44. The highest BCUT2D eigenvalue weighted by molar-refractivity contribution is 7.92. The summed E-state index contributed by atoms with van der Waals surface area (Å²) in [4.78, 5) is 14.5. The standard InChI is InChI=1S/C21H23FN2O3S/c1-13-4-7-15(10-18(13)22)23-28(26,27)16-8-9-19-17(11-16)21(2,3)12-24(19)20(25)14-5-6-14/h4,7-11,14,23H,5-6,12H2,1-3H3. The quantitative estimate of drug-likeness (QED) is 0.842. The maximum absolute atomic E-state index is 13.8. The predicted octanol–water partition coefficient (Wildman–Crippen LogP) is 3.97. The second-order valence-electron chi connectivity index (χ2n) is 8.33. The van der Waals surface area contributed by atoms with Crippen molar-refractivity contribution in [1.82, 2.24) is 0 Å². The molecule has 1 aliphatic carbocycles. The molecule has 0 aromatic heterocycles. The summed E-state index contributed by atoms with van der Waals surface area (Å²) in [5, 5.41) is 0. The molecule has 1 N–H and O–H groups in total. The van der Waals surface area contributed by atoms with Crippen molar-refractivity contribution in [2.24, 2.45) is 5.92 Å². The molecule has 7 heteroatoms. The summed E-state index contributed by atoms with van der Waals surface area (Å²) in [6.07, 6.45) is 1.85. The zero-order chi connectivity index (χ0) is 20.3. The Hall–Kier alpha value is -2.41. The third-order valence-electron chi connectivity index (χ3n) is 5.47. The topological polar surface area (TPSA) is 66.5 Å². The molecule has 148 valence electrons. The number of hydrogen-bond acceptors (Lipinski definition) is 3. The summed E-state index contributed by atoms with van der Waals surface area (Å²) in [6.45, 7) is 6.17. The molecule has 0 atom stereocenters. The van der Waals surface area contributed by atoms with Crippen LogP contribution in [0.15, 0.2) is 41.3 Å². The van der Waals surface area contributed by atoms with Crippen LogP contribution in [0.4, 0.5) is 15.8 Å². The van der Waals surface area contributed by atoms with E-state index in [1.807, 2.05) is 13.8 Å². The number of benzene rings is 2. The molecular weight excluding hydrogens is 379 g/mol. The van der Waals surface area contributed by atoms with Crippen LogP contribution >= 0.6 is 0 Å². The lowest BCUT2D eigenvalue weighted by molar-refractivity contribution is -0.119.